The molecule has 2 fully saturated rings. The Morgan fingerprint density at radius 3 is 2.17 bits per heavy atom. The molecule has 0 aliphatic carbocycles. The van der Waals surface area contributed by atoms with Crippen molar-refractivity contribution in [3.8, 4) is 0 Å². The van der Waals surface area contributed by atoms with Gasteiger partial charge in [-0.15, -0.1) is 0 Å². The highest BCUT2D eigenvalue weighted by atomic mass is 16.6. The second-order valence-electron chi connectivity index (χ2n) is 7.42. The maximum Gasteiger partial charge on any atom is 0.411 e. The number of hydrogen-bond donors (Lipinski definition) is 0. The average Bonchev–Trinajstić information content (AvgIpc) is 3.05. The van der Waals surface area contributed by atoms with Gasteiger partial charge in [0.05, 0.1) is 13.0 Å². The van der Waals surface area contributed by atoms with Crippen LogP contribution in [0.1, 0.15) is 46.5 Å². The minimum absolute atomic E-state index is 0.0591. The summed E-state index contributed by atoms with van der Waals surface area (Å²) in [6.07, 6.45) is 2.64. The smallest absolute Gasteiger partial charge is 0.411 e. The first-order valence-electron chi connectivity index (χ1n) is 8.61. The van der Waals surface area contributed by atoms with E-state index in [9.17, 15) is 14.4 Å². The summed E-state index contributed by atoms with van der Waals surface area (Å²) in [5.74, 6) is -1.17. The number of rotatable bonds is 2. The van der Waals surface area contributed by atoms with Gasteiger partial charge in [-0.25, -0.2) is 9.59 Å². The van der Waals surface area contributed by atoms with E-state index >= 15 is 0 Å². The summed E-state index contributed by atoms with van der Waals surface area (Å²) >= 11 is 0. The van der Waals surface area contributed by atoms with E-state index in [-0.39, 0.29) is 5.91 Å². The molecule has 2 aliphatic heterocycles. The monoisotopic (exact) mass is 340 g/mol. The summed E-state index contributed by atoms with van der Waals surface area (Å²) < 4.78 is 10.3. The second-order valence-corrected chi connectivity index (χ2v) is 7.42. The molecule has 24 heavy (non-hydrogen) atoms. The van der Waals surface area contributed by atoms with Gasteiger partial charge in [0.15, 0.2) is 0 Å². The van der Waals surface area contributed by atoms with E-state index in [1.165, 1.54) is 12.0 Å². The molecule has 0 saturated carbocycles. The zero-order valence-electron chi connectivity index (χ0n) is 15.0. The minimum atomic E-state index is -0.910. The molecule has 2 rings (SSSR count). The largest absolute Gasteiger partial charge is 0.467 e. The molecule has 7 nitrogen and oxygen atoms in total. The van der Waals surface area contributed by atoms with E-state index in [1.807, 2.05) is 0 Å². The highest BCUT2D eigenvalue weighted by Gasteiger charge is 2.46. The lowest BCUT2D eigenvalue weighted by Crippen LogP contribution is -2.57. The molecule has 2 saturated heterocycles. The van der Waals surface area contributed by atoms with Crippen LogP contribution in [0, 0.1) is 5.92 Å². The number of likely N-dealkylation sites (tertiary alicyclic amines) is 2. The van der Waals surface area contributed by atoms with Crippen LogP contribution in [-0.4, -0.2) is 66.2 Å². The fourth-order valence-electron chi connectivity index (χ4n) is 3.36. The van der Waals surface area contributed by atoms with Gasteiger partial charge < -0.3 is 14.4 Å². The Morgan fingerprint density at radius 2 is 1.62 bits per heavy atom. The summed E-state index contributed by atoms with van der Waals surface area (Å²) in [6, 6.07) is -0.910. The van der Waals surface area contributed by atoms with Crippen LogP contribution in [0.15, 0.2) is 0 Å². The second kappa shape index (κ2) is 7.40. The SMILES string of the molecule is COC(=O)[C@H]1C(C(=O)N2CCCC2)CCCN1C(=O)OC(C)(C)C. The Balaban J connectivity index is 2.21. The third kappa shape index (κ3) is 4.19. The van der Waals surface area contributed by atoms with Crippen molar-refractivity contribution in [2.24, 2.45) is 5.92 Å². The maximum absolute atomic E-state index is 12.8. The van der Waals surface area contributed by atoms with E-state index in [4.69, 9.17) is 9.47 Å². The third-order valence-corrected chi connectivity index (χ3v) is 4.44. The van der Waals surface area contributed by atoms with Gasteiger partial charge in [0.1, 0.15) is 11.6 Å². The van der Waals surface area contributed by atoms with Crippen molar-refractivity contribution in [1.82, 2.24) is 9.80 Å². The van der Waals surface area contributed by atoms with Crippen LogP contribution in [0.3, 0.4) is 0 Å². The minimum Gasteiger partial charge on any atom is -0.467 e. The molecule has 2 aliphatic rings. The summed E-state index contributed by atoms with van der Waals surface area (Å²) in [7, 11) is 1.28. The van der Waals surface area contributed by atoms with Gasteiger partial charge in [0.25, 0.3) is 0 Å². The van der Waals surface area contributed by atoms with Gasteiger partial charge in [0.2, 0.25) is 5.91 Å². The standard InChI is InChI=1S/C17H28N2O5/c1-17(2,3)24-16(22)19-11-7-8-12(13(19)15(21)23-4)14(20)18-9-5-6-10-18/h12-13H,5-11H2,1-4H3/t12?,13-/m1/s1. The molecule has 2 atom stereocenters. The van der Waals surface area contributed by atoms with E-state index in [1.54, 1.807) is 25.7 Å². The number of piperidine rings is 1. The first-order valence-corrected chi connectivity index (χ1v) is 8.61. The van der Waals surface area contributed by atoms with Crippen LogP contribution in [0.4, 0.5) is 4.79 Å². The summed E-state index contributed by atoms with van der Waals surface area (Å²) in [5, 5.41) is 0. The fraction of sp³-hybridized carbons (Fsp3) is 0.824. The van der Waals surface area contributed by atoms with Crippen molar-refractivity contribution in [2.75, 3.05) is 26.7 Å². The number of amides is 2. The molecule has 0 aromatic carbocycles. The summed E-state index contributed by atoms with van der Waals surface area (Å²) in [6.45, 7) is 7.14. The Morgan fingerprint density at radius 1 is 1.00 bits per heavy atom. The predicted octanol–water partition coefficient (Wildman–Crippen LogP) is 1.80. The van der Waals surface area contributed by atoms with Crippen LogP contribution < -0.4 is 0 Å². The number of carbonyl (C=O) groups is 3. The topological polar surface area (TPSA) is 76.2 Å². The molecule has 7 heteroatoms. The highest BCUT2D eigenvalue weighted by molar-refractivity contribution is 5.90. The highest BCUT2D eigenvalue weighted by Crippen LogP contribution is 2.29. The van der Waals surface area contributed by atoms with Crippen molar-refractivity contribution < 1.29 is 23.9 Å². The van der Waals surface area contributed by atoms with Gasteiger partial charge in [-0.2, -0.15) is 0 Å². The molecule has 0 N–H and O–H groups in total. The Hall–Kier alpha value is -1.79. The van der Waals surface area contributed by atoms with Gasteiger partial charge in [-0.05, 0) is 46.5 Å². The van der Waals surface area contributed by atoms with Crippen molar-refractivity contribution >= 4 is 18.0 Å². The molecule has 136 valence electrons. The number of esters is 1. The molecule has 0 aromatic rings. The van der Waals surface area contributed by atoms with Gasteiger partial charge in [-0.1, -0.05) is 0 Å². The van der Waals surface area contributed by atoms with E-state index in [2.05, 4.69) is 0 Å². The maximum atomic E-state index is 12.8. The number of ether oxygens (including phenoxy) is 2. The van der Waals surface area contributed by atoms with Gasteiger partial charge in [0, 0.05) is 19.6 Å². The summed E-state index contributed by atoms with van der Waals surface area (Å²) in [5.41, 5.74) is -0.663. The lowest BCUT2D eigenvalue weighted by Gasteiger charge is -2.40. The zero-order chi connectivity index (χ0) is 17.9. The van der Waals surface area contributed by atoms with E-state index < -0.39 is 29.6 Å². The van der Waals surface area contributed by atoms with Crippen LogP contribution in [0.25, 0.3) is 0 Å². The molecule has 2 heterocycles. The van der Waals surface area contributed by atoms with Crippen molar-refractivity contribution in [3.05, 3.63) is 0 Å². The number of methoxy groups -OCH3 is 1. The quantitative estimate of drug-likeness (QED) is 0.717. The van der Waals surface area contributed by atoms with Crippen LogP contribution in [0.5, 0.6) is 0 Å². The Labute approximate surface area is 143 Å². The van der Waals surface area contributed by atoms with Crippen molar-refractivity contribution in [1.29, 1.82) is 0 Å². The van der Waals surface area contributed by atoms with E-state index in [0.29, 0.717) is 19.4 Å². The fourth-order valence-corrected chi connectivity index (χ4v) is 3.36. The molecule has 0 spiro atoms. The number of nitrogens with zero attached hydrogens (tertiary/aromatic N) is 2. The first-order chi connectivity index (χ1) is 11.2. The predicted molar refractivity (Wildman–Crippen MR) is 87.3 cm³/mol. The third-order valence-electron chi connectivity index (χ3n) is 4.44. The number of hydrogen-bond acceptors (Lipinski definition) is 5. The molecule has 0 bridgehead atoms. The molecule has 0 radical (unpaired) electrons. The molecular weight excluding hydrogens is 312 g/mol. The lowest BCUT2D eigenvalue weighted by atomic mass is 9.88. The zero-order valence-corrected chi connectivity index (χ0v) is 15.0. The Bertz CT molecular complexity index is 494. The van der Waals surface area contributed by atoms with Crippen LogP contribution >= 0.6 is 0 Å². The molecular formula is C17H28N2O5. The molecule has 0 aromatic heterocycles. The lowest BCUT2D eigenvalue weighted by molar-refractivity contribution is -0.156. The van der Waals surface area contributed by atoms with E-state index in [0.717, 1.165) is 25.9 Å². The van der Waals surface area contributed by atoms with Gasteiger partial charge in [-0.3, -0.25) is 9.69 Å². The molecule has 1 unspecified atom stereocenters. The number of carbonyl (C=O) groups excluding carboxylic acids is 3. The van der Waals surface area contributed by atoms with Crippen molar-refractivity contribution in [2.45, 2.75) is 58.1 Å². The van der Waals surface area contributed by atoms with Gasteiger partial charge >= 0.3 is 12.1 Å². The average molecular weight is 340 g/mol. The first kappa shape index (κ1) is 18.5. The summed E-state index contributed by atoms with van der Waals surface area (Å²) in [4.78, 5) is 40.8. The Kier molecular flexibility index (Phi) is 5.72. The normalized spacial score (nSPS) is 24.7. The molecule has 2 amide bonds. The van der Waals surface area contributed by atoms with Crippen LogP contribution in [-0.2, 0) is 19.1 Å². The van der Waals surface area contributed by atoms with Crippen LogP contribution in [0.2, 0.25) is 0 Å². The van der Waals surface area contributed by atoms with Crippen molar-refractivity contribution in [3.63, 3.8) is 0 Å².